The highest BCUT2D eigenvalue weighted by atomic mass is 16.7. The maximum Gasteiger partial charge on any atom is 0.231 e. The van der Waals surface area contributed by atoms with E-state index in [9.17, 15) is 5.11 Å². The Bertz CT molecular complexity index is 930. The molecule has 0 unspecified atom stereocenters. The van der Waals surface area contributed by atoms with E-state index in [1.807, 2.05) is 24.3 Å². The maximum atomic E-state index is 10.9. The van der Waals surface area contributed by atoms with E-state index >= 15 is 0 Å². The fourth-order valence-electron chi connectivity index (χ4n) is 4.53. The second kappa shape index (κ2) is 6.55. The van der Waals surface area contributed by atoms with Gasteiger partial charge in [0.25, 0.3) is 0 Å². The van der Waals surface area contributed by atoms with Crippen LogP contribution in [0.15, 0.2) is 24.3 Å². The van der Waals surface area contributed by atoms with Gasteiger partial charge in [0.2, 0.25) is 6.79 Å². The summed E-state index contributed by atoms with van der Waals surface area (Å²) in [5.41, 5.74) is 3.80. The van der Waals surface area contributed by atoms with Crippen LogP contribution in [0.25, 0.3) is 0 Å². The number of likely N-dealkylation sites (N-methyl/N-ethyl adjacent to an activating group) is 1. The lowest BCUT2D eigenvalue weighted by Crippen LogP contribution is -2.35. The normalized spacial score (nSPS) is 25.4. The van der Waals surface area contributed by atoms with Gasteiger partial charge in [0.05, 0.1) is 25.8 Å². The average molecular weight is 385 g/mol. The molecule has 3 atom stereocenters. The molecule has 148 valence electrons. The van der Waals surface area contributed by atoms with E-state index in [-0.39, 0.29) is 18.9 Å². The first-order valence-corrected chi connectivity index (χ1v) is 9.33. The zero-order valence-corrected chi connectivity index (χ0v) is 16.1. The van der Waals surface area contributed by atoms with E-state index in [1.165, 1.54) is 0 Å². The molecule has 0 aromatic heterocycles. The van der Waals surface area contributed by atoms with Crippen molar-refractivity contribution < 1.29 is 28.8 Å². The number of ether oxygens (including phenoxy) is 5. The summed E-state index contributed by atoms with van der Waals surface area (Å²) in [6.45, 7) is 0.999. The second-order valence-corrected chi connectivity index (χ2v) is 7.29. The van der Waals surface area contributed by atoms with Gasteiger partial charge in [0.15, 0.2) is 29.3 Å². The minimum absolute atomic E-state index is 0.0627. The molecule has 7 heteroatoms. The first-order valence-electron chi connectivity index (χ1n) is 9.33. The molecule has 7 nitrogen and oxygen atoms in total. The van der Waals surface area contributed by atoms with Crippen LogP contribution in [0.4, 0.5) is 0 Å². The average Bonchev–Trinajstić information content (AvgIpc) is 3.14. The Balaban J connectivity index is 1.68. The van der Waals surface area contributed by atoms with E-state index in [4.69, 9.17) is 23.7 Å². The summed E-state index contributed by atoms with van der Waals surface area (Å²) >= 11 is 0. The van der Waals surface area contributed by atoms with Crippen molar-refractivity contribution in [2.75, 3.05) is 34.6 Å². The number of benzene rings is 2. The maximum absolute atomic E-state index is 10.9. The van der Waals surface area contributed by atoms with Gasteiger partial charge < -0.3 is 28.8 Å². The van der Waals surface area contributed by atoms with Crippen LogP contribution in [-0.2, 0) is 11.2 Å². The molecule has 0 saturated heterocycles. The van der Waals surface area contributed by atoms with Crippen LogP contribution >= 0.6 is 0 Å². The summed E-state index contributed by atoms with van der Waals surface area (Å²) in [6.07, 6.45) is -0.594. The van der Waals surface area contributed by atoms with Crippen LogP contribution in [0.5, 0.6) is 23.0 Å². The van der Waals surface area contributed by atoms with Gasteiger partial charge in [-0.2, -0.15) is 0 Å². The number of hydrogen-bond donors (Lipinski definition) is 1. The van der Waals surface area contributed by atoms with Gasteiger partial charge >= 0.3 is 0 Å². The van der Waals surface area contributed by atoms with Crippen LogP contribution in [0.3, 0.4) is 0 Å². The third-order valence-electron chi connectivity index (χ3n) is 5.90. The number of fused-ring (bicyclic) bond motifs is 7. The number of aliphatic hydroxyl groups is 1. The van der Waals surface area contributed by atoms with Crippen LogP contribution in [-0.4, -0.2) is 44.6 Å². The highest BCUT2D eigenvalue weighted by molar-refractivity contribution is 5.56. The van der Waals surface area contributed by atoms with E-state index in [0.717, 1.165) is 29.7 Å². The summed E-state index contributed by atoms with van der Waals surface area (Å²) in [5.74, 6) is 2.57. The van der Waals surface area contributed by atoms with E-state index in [2.05, 4.69) is 11.9 Å². The van der Waals surface area contributed by atoms with E-state index < -0.39 is 6.29 Å². The first kappa shape index (κ1) is 17.6. The molecule has 0 saturated carbocycles. The van der Waals surface area contributed by atoms with Crippen molar-refractivity contribution in [2.45, 2.75) is 24.9 Å². The minimum Gasteiger partial charge on any atom is -0.493 e. The molecule has 1 N–H and O–H groups in total. The van der Waals surface area contributed by atoms with Crippen molar-refractivity contribution in [3.05, 3.63) is 46.5 Å². The predicted molar refractivity (Wildman–Crippen MR) is 100.0 cm³/mol. The molecule has 0 spiro atoms. The number of nitrogens with zero attached hydrogens (tertiary/aromatic N) is 1. The highest BCUT2D eigenvalue weighted by Gasteiger charge is 2.43. The Morgan fingerprint density at radius 2 is 1.86 bits per heavy atom. The SMILES string of the molecule is COc1cc2c(cc1OC)[C@@H]1O[C@@H](O)c3c(ccc4c3OCO4)[C@@H]1N(C)CC2. The molecule has 2 aromatic carbocycles. The molecular formula is C21H23NO6. The van der Waals surface area contributed by atoms with Crippen molar-refractivity contribution in [3.8, 4) is 23.0 Å². The van der Waals surface area contributed by atoms with Gasteiger partial charge in [-0.1, -0.05) is 6.07 Å². The molecule has 5 rings (SSSR count). The standard InChI is InChI=1S/C21H23NO6/c1-22-7-6-11-8-15(24-2)16(25-3)9-13(11)19-18(22)12-4-5-14-20(27-10-26-14)17(12)21(23)28-19/h4-5,8-9,18-19,21,23H,6-7,10H2,1-3H3/t18-,19-,21+/m0/s1. The molecular weight excluding hydrogens is 362 g/mol. The van der Waals surface area contributed by atoms with Crippen molar-refractivity contribution in [1.82, 2.24) is 4.90 Å². The number of aliphatic hydroxyl groups excluding tert-OH is 1. The Labute approximate surface area is 163 Å². The van der Waals surface area contributed by atoms with Gasteiger partial charge in [-0.05, 0) is 48.4 Å². The topological polar surface area (TPSA) is 69.6 Å². The van der Waals surface area contributed by atoms with Gasteiger partial charge in [-0.25, -0.2) is 0 Å². The lowest BCUT2D eigenvalue weighted by molar-refractivity contribution is -0.174. The monoisotopic (exact) mass is 385 g/mol. The zero-order valence-electron chi connectivity index (χ0n) is 16.1. The summed E-state index contributed by atoms with van der Waals surface area (Å²) in [5, 5.41) is 10.9. The third kappa shape index (κ3) is 2.47. The van der Waals surface area contributed by atoms with Crippen LogP contribution in [0.2, 0.25) is 0 Å². The number of rotatable bonds is 2. The summed E-state index contributed by atoms with van der Waals surface area (Å²) in [7, 11) is 5.33. The molecule has 0 aliphatic carbocycles. The molecule has 28 heavy (non-hydrogen) atoms. The predicted octanol–water partition coefficient (Wildman–Crippen LogP) is 2.72. The van der Waals surface area contributed by atoms with Crippen molar-refractivity contribution in [1.29, 1.82) is 0 Å². The molecule has 0 fully saturated rings. The van der Waals surface area contributed by atoms with Gasteiger partial charge in [0.1, 0.15) is 6.10 Å². The smallest absolute Gasteiger partial charge is 0.231 e. The van der Waals surface area contributed by atoms with Crippen LogP contribution < -0.4 is 18.9 Å². The van der Waals surface area contributed by atoms with Gasteiger partial charge in [0, 0.05) is 6.54 Å². The van der Waals surface area contributed by atoms with Crippen molar-refractivity contribution >= 4 is 0 Å². The Morgan fingerprint density at radius 3 is 2.64 bits per heavy atom. The minimum atomic E-state index is -1.10. The van der Waals surface area contributed by atoms with E-state index in [0.29, 0.717) is 28.6 Å². The van der Waals surface area contributed by atoms with Crippen LogP contribution in [0.1, 0.15) is 40.7 Å². The molecule has 0 radical (unpaired) electrons. The first-order chi connectivity index (χ1) is 13.6. The molecule has 0 amide bonds. The Morgan fingerprint density at radius 1 is 1.07 bits per heavy atom. The van der Waals surface area contributed by atoms with Gasteiger partial charge in [-0.3, -0.25) is 4.90 Å². The number of hydrogen-bond acceptors (Lipinski definition) is 7. The molecule has 3 aliphatic heterocycles. The molecule has 3 aliphatic rings. The van der Waals surface area contributed by atoms with Crippen molar-refractivity contribution in [2.24, 2.45) is 0 Å². The van der Waals surface area contributed by atoms with Crippen molar-refractivity contribution in [3.63, 3.8) is 0 Å². The summed E-state index contributed by atoms with van der Waals surface area (Å²) < 4.78 is 28.3. The van der Waals surface area contributed by atoms with E-state index in [1.54, 1.807) is 14.2 Å². The lowest BCUT2D eigenvalue weighted by Gasteiger charge is -2.40. The second-order valence-electron chi connectivity index (χ2n) is 7.29. The highest BCUT2D eigenvalue weighted by Crippen LogP contribution is 2.54. The summed E-state index contributed by atoms with van der Waals surface area (Å²) in [6, 6.07) is 7.83. The number of methoxy groups -OCH3 is 2. The third-order valence-corrected chi connectivity index (χ3v) is 5.90. The quantitative estimate of drug-likeness (QED) is 0.852. The molecule has 3 heterocycles. The molecule has 2 aromatic rings. The Hall–Kier alpha value is -2.48. The summed E-state index contributed by atoms with van der Waals surface area (Å²) in [4.78, 5) is 2.26. The largest absolute Gasteiger partial charge is 0.493 e. The van der Waals surface area contributed by atoms with Gasteiger partial charge in [-0.15, -0.1) is 0 Å². The Kier molecular flexibility index (Phi) is 4.12. The fraction of sp³-hybridized carbons (Fsp3) is 0.429. The zero-order chi connectivity index (χ0) is 19.4. The van der Waals surface area contributed by atoms with Crippen LogP contribution in [0, 0.1) is 0 Å². The molecule has 0 bridgehead atoms. The lowest BCUT2D eigenvalue weighted by atomic mass is 9.87. The fourth-order valence-corrected chi connectivity index (χ4v) is 4.53.